The number of pyridine rings is 1. The van der Waals surface area contributed by atoms with Crippen LogP contribution in [0.5, 0.6) is 0 Å². The monoisotopic (exact) mass is 360 g/mol. The van der Waals surface area contributed by atoms with Crippen molar-refractivity contribution in [2.75, 3.05) is 36.4 Å². The molecule has 5 nitrogen and oxygen atoms in total. The summed E-state index contributed by atoms with van der Waals surface area (Å²) in [7, 11) is 0. The molecule has 0 spiro atoms. The van der Waals surface area contributed by atoms with Crippen LogP contribution in [0.3, 0.4) is 0 Å². The normalized spacial score (nSPS) is 19.8. The van der Waals surface area contributed by atoms with Gasteiger partial charge in [0.05, 0.1) is 11.9 Å². The summed E-state index contributed by atoms with van der Waals surface area (Å²) < 4.78 is 0. The van der Waals surface area contributed by atoms with E-state index in [0.29, 0.717) is 12.3 Å². The SMILES string of the molecule is Cl.Cl.O=C(CCC1CCNC1)Nc1ccc(N2CCCC2)nc1. The van der Waals surface area contributed by atoms with Crippen molar-refractivity contribution in [2.45, 2.75) is 32.1 Å². The molecule has 130 valence electrons. The molecule has 0 bridgehead atoms. The van der Waals surface area contributed by atoms with Crippen molar-refractivity contribution in [1.82, 2.24) is 10.3 Å². The van der Waals surface area contributed by atoms with Crippen molar-refractivity contribution < 1.29 is 4.79 Å². The number of halogens is 2. The molecule has 1 aromatic heterocycles. The molecule has 23 heavy (non-hydrogen) atoms. The van der Waals surface area contributed by atoms with Gasteiger partial charge in [0.15, 0.2) is 0 Å². The van der Waals surface area contributed by atoms with Crippen molar-refractivity contribution in [3.63, 3.8) is 0 Å². The van der Waals surface area contributed by atoms with Gasteiger partial charge in [-0.1, -0.05) is 0 Å². The highest BCUT2D eigenvalue weighted by molar-refractivity contribution is 5.90. The van der Waals surface area contributed by atoms with E-state index < -0.39 is 0 Å². The fourth-order valence-corrected chi connectivity index (χ4v) is 3.11. The van der Waals surface area contributed by atoms with E-state index in [0.717, 1.165) is 44.1 Å². The number of carbonyl (C=O) groups excluding carboxylic acids is 1. The minimum Gasteiger partial charge on any atom is -0.357 e. The summed E-state index contributed by atoms with van der Waals surface area (Å²) in [5, 5.41) is 6.28. The van der Waals surface area contributed by atoms with Crippen molar-refractivity contribution in [3.8, 4) is 0 Å². The van der Waals surface area contributed by atoms with E-state index in [-0.39, 0.29) is 30.7 Å². The Labute approximate surface area is 150 Å². The van der Waals surface area contributed by atoms with Gasteiger partial charge in [0.1, 0.15) is 5.82 Å². The number of aromatic nitrogens is 1. The molecule has 3 rings (SSSR count). The second-order valence-electron chi connectivity index (χ2n) is 6.04. The van der Waals surface area contributed by atoms with Crippen LogP contribution in [0.4, 0.5) is 11.5 Å². The Kier molecular flexibility index (Phi) is 8.66. The maximum Gasteiger partial charge on any atom is 0.224 e. The van der Waals surface area contributed by atoms with Gasteiger partial charge in [-0.3, -0.25) is 4.79 Å². The zero-order valence-corrected chi connectivity index (χ0v) is 14.9. The molecule has 0 aliphatic carbocycles. The van der Waals surface area contributed by atoms with E-state index in [2.05, 4.69) is 20.5 Å². The largest absolute Gasteiger partial charge is 0.357 e. The molecule has 1 aromatic rings. The van der Waals surface area contributed by atoms with E-state index >= 15 is 0 Å². The van der Waals surface area contributed by atoms with Crippen LogP contribution in [0.25, 0.3) is 0 Å². The van der Waals surface area contributed by atoms with Gasteiger partial charge in [-0.05, 0) is 56.8 Å². The zero-order valence-electron chi connectivity index (χ0n) is 13.3. The zero-order chi connectivity index (χ0) is 14.5. The summed E-state index contributed by atoms with van der Waals surface area (Å²) in [6, 6.07) is 3.96. The molecule has 0 radical (unpaired) electrons. The van der Waals surface area contributed by atoms with Gasteiger partial charge in [0.2, 0.25) is 5.91 Å². The highest BCUT2D eigenvalue weighted by Crippen LogP contribution is 2.19. The van der Waals surface area contributed by atoms with E-state index in [4.69, 9.17) is 0 Å². The minimum atomic E-state index is 0. The summed E-state index contributed by atoms with van der Waals surface area (Å²) in [5.74, 6) is 1.77. The number of carbonyl (C=O) groups is 1. The predicted octanol–water partition coefficient (Wildman–Crippen LogP) is 2.85. The van der Waals surface area contributed by atoms with Crippen molar-refractivity contribution in [1.29, 1.82) is 0 Å². The number of rotatable bonds is 5. The second-order valence-corrected chi connectivity index (χ2v) is 6.04. The van der Waals surface area contributed by atoms with Crippen LogP contribution in [-0.2, 0) is 4.79 Å². The Morgan fingerprint density at radius 2 is 2.09 bits per heavy atom. The lowest BCUT2D eigenvalue weighted by molar-refractivity contribution is -0.116. The first kappa shape index (κ1) is 20.0. The van der Waals surface area contributed by atoms with Gasteiger partial charge in [0.25, 0.3) is 0 Å². The fourth-order valence-electron chi connectivity index (χ4n) is 3.11. The van der Waals surface area contributed by atoms with Crippen molar-refractivity contribution in [2.24, 2.45) is 5.92 Å². The minimum absolute atomic E-state index is 0. The summed E-state index contributed by atoms with van der Waals surface area (Å²) in [4.78, 5) is 18.7. The van der Waals surface area contributed by atoms with Gasteiger partial charge >= 0.3 is 0 Å². The van der Waals surface area contributed by atoms with Crippen LogP contribution in [0.2, 0.25) is 0 Å². The molecule has 2 aliphatic rings. The number of amides is 1. The number of anilines is 2. The molecule has 1 amide bonds. The van der Waals surface area contributed by atoms with Crippen LogP contribution in [0, 0.1) is 5.92 Å². The molecule has 2 fully saturated rings. The summed E-state index contributed by atoms with van der Waals surface area (Å²) >= 11 is 0. The molecule has 0 saturated carbocycles. The number of hydrogen-bond acceptors (Lipinski definition) is 4. The molecule has 2 aliphatic heterocycles. The Morgan fingerprint density at radius 1 is 1.30 bits per heavy atom. The highest BCUT2D eigenvalue weighted by Gasteiger charge is 2.16. The standard InChI is InChI=1S/C16H24N4O.2ClH/c21-16(6-3-13-7-8-17-11-13)19-14-4-5-15(18-12-14)20-9-1-2-10-20;;/h4-5,12-13,17H,1-3,6-11H2,(H,19,21);2*1H. The third kappa shape index (κ3) is 5.83. The molecule has 3 heterocycles. The van der Waals surface area contributed by atoms with Crippen LogP contribution in [0.1, 0.15) is 32.1 Å². The smallest absolute Gasteiger partial charge is 0.224 e. The van der Waals surface area contributed by atoms with Crippen molar-refractivity contribution >= 4 is 42.2 Å². The van der Waals surface area contributed by atoms with Gasteiger partial charge < -0.3 is 15.5 Å². The molecule has 2 saturated heterocycles. The maximum absolute atomic E-state index is 11.9. The van der Waals surface area contributed by atoms with Gasteiger partial charge in [-0.2, -0.15) is 0 Å². The van der Waals surface area contributed by atoms with Crippen LogP contribution >= 0.6 is 24.8 Å². The van der Waals surface area contributed by atoms with Crippen molar-refractivity contribution in [3.05, 3.63) is 18.3 Å². The number of nitrogens with one attached hydrogen (secondary N) is 2. The van der Waals surface area contributed by atoms with Crippen LogP contribution in [-0.4, -0.2) is 37.1 Å². The molecule has 2 N–H and O–H groups in total. The Hall–Kier alpha value is -1.04. The molecule has 1 unspecified atom stereocenters. The Morgan fingerprint density at radius 3 is 2.70 bits per heavy atom. The highest BCUT2D eigenvalue weighted by atomic mass is 35.5. The lowest BCUT2D eigenvalue weighted by atomic mass is 10.0. The first-order valence-corrected chi connectivity index (χ1v) is 8.03. The molecule has 7 heteroatoms. The van der Waals surface area contributed by atoms with E-state index in [1.54, 1.807) is 6.20 Å². The average molecular weight is 361 g/mol. The molecular weight excluding hydrogens is 335 g/mol. The van der Waals surface area contributed by atoms with Gasteiger partial charge in [0, 0.05) is 19.5 Å². The van der Waals surface area contributed by atoms with E-state index in [1.807, 2.05) is 12.1 Å². The van der Waals surface area contributed by atoms with E-state index in [9.17, 15) is 4.79 Å². The third-order valence-corrected chi connectivity index (χ3v) is 4.40. The van der Waals surface area contributed by atoms with Crippen LogP contribution in [0.15, 0.2) is 18.3 Å². The maximum atomic E-state index is 11.9. The quantitative estimate of drug-likeness (QED) is 0.847. The molecule has 0 aromatic carbocycles. The average Bonchev–Trinajstić information content (AvgIpc) is 3.19. The summed E-state index contributed by atoms with van der Waals surface area (Å²) in [6.45, 7) is 4.33. The first-order chi connectivity index (χ1) is 10.3. The third-order valence-electron chi connectivity index (χ3n) is 4.40. The van der Waals surface area contributed by atoms with Gasteiger partial charge in [-0.15, -0.1) is 24.8 Å². The molecular formula is C16H26Cl2N4O. The predicted molar refractivity (Wildman–Crippen MR) is 99.0 cm³/mol. The van der Waals surface area contributed by atoms with Gasteiger partial charge in [-0.25, -0.2) is 4.98 Å². The summed E-state index contributed by atoms with van der Waals surface area (Å²) in [6.07, 6.45) is 7.02. The second kappa shape index (κ2) is 9.96. The number of hydrogen-bond donors (Lipinski definition) is 2. The van der Waals surface area contributed by atoms with E-state index in [1.165, 1.54) is 19.3 Å². The fraction of sp³-hybridized carbons (Fsp3) is 0.625. The Bertz CT molecular complexity index is 471. The molecule has 1 atom stereocenters. The lowest BCUT2D eigenvalue weighted by Gasteiger charge is -2.16. The first-order valence-electron chi connectivity index (χ1n) is 8.03. The lowest BCUT2D eigenvalue weighted by Crippen LogP contribution is -2.19. The topological polar surface area (TPSA) is 57.3 Å². The summed E-state index contributed by atoms with van der Waals surface area (Å²) in [5.41, 5.74) is 0.799. The number of nitrogens with zero attached hydrogens (tertiary/aromatic N) is 2. The van der Waals surface area contributed by atoms with Crippen LogP contribution < -0.4 is 15.5 Å². The Balaban J connectivity index is 0.00000132.